The molecule has 3 amide bonds. The molecule has 192 valence electrons. The molecule has 0 heterocycles. The van der Waals surface area contributed by atoms with Gasteiger partial charge in [0.05, 0.1) is 18.0 Å². The van der Waals surface area contributed by atoms with E-state index in [2.05, 4.69) is 15.4 Å². The fourth-order valence-corrected chi connectivity index (χ4v) is 5.02. The summed E-state index contributed by atoms with van der Waals surface area (Å²) in [6.07, 6.45) is 0.320. The Morgan fingerprint density at radius 3 is 2.39 bits per heavy atom. The molecule has 3 aromatic rings. The third-order valence-corrected chi connectivity index (χ3v) is 7.17. The number of hydrogen-bond acceptors (Lipinski definition) is 6. The Labute approximate surface area is 210 Å². The topological polar surface area (TPSA) is 146 Å². The van der Waals surface area contributed by atoms with Gasteiger partial charge in [0.15, 0.2) is 0 Å². The molecule has 0 saturated carbocycles. The van der Waals surface area contributed by atoms with Gasteiger partial charge in [0.1, 0.15) is 11.8 Å². The second-order valence-corrected chi connectivity index (χ2v) is 9.87. The number of sulfonamides is 1. The molecule has 10 nitrogen and oxygen atoms in total. The highest BCUT2D eigenvalue weighted by molar-refractivity contribution is 7.89. The number of nitrogens with one attached hydrogen (secondary N) is 4. The molecule has 3 rings (SSSR count). The number of hydroxylamine groups is 1. The molecule has 0 fully saturated rings. The Balaban J connectivity index is 1.53. The van der Waals surface area contributed by atoms with Crippen LogP contribution < -0.4 is 25.6 Å². The van der Waals surface area contributed by atoms with Crippen molar-refractivity contribution < 1.29 is 28.0 Å². The normalized spacial score (nSPS) is 13.0. The lowest BCUT2D eigenvalue weighted by Gasteiger charge is -2.18. The molecule has 2 atom stereocenters. The highest BCUT2D eigenvalue weighted by Gasteiger charge is 2.25. The van der Waals surface area contributed by atoms with E-state index < -0.39 is 28.0 Å². The van der Waals surface area contributed by atoms with Crippen molar-refractivity contribution in [2.24, 2.45) is 0 Å². The smallest absolute Gasteiger partial charge is 0.315 e. The highest BCUT2D eigenvalue weighted by atomic mass is 32.2. The molecule has 5 N–H and O–H groups in total. The van der Waals surface area contributed by atoms with Crippen molar-refractivity contribution in [3.05, 3.63) is 72.3 Å². The van der Waals surface area contributed by atoms with E-state index in [9.17, 15) is 18.0 Å². The lowest BCUT2D eigenvalue weighted by Crippen LogP contribution is -2.46. The predicted octanol–water partition coefficient (Wildman–Crippen LogP) is 2.84. The van der Waals surface area contributed by atoms with E-state index in [4.69, 9.17) is 9.94 Å². The molecule has 36 heavy (non-hydrogen) atoms. The zero-order valence-electron chi connectivity index (χ0n) is 20.0. The number of carbonyl (C=O) groups is 2. The van der Waals surface area contributed by atoms with Gasteiger partial charge in [-0.2, -0.15) is 4.72 Å². The van der Waals surface area contributed by atoms with Gasteiger partial charge in [0.2, 0.25) is 10.0 Å². The average molecular weight is 515 g/mol. The van der Waals surface area contributed by atoms with Crippen molar-refractivity contribution in [1.82, 2.24) is 20.8 Å². The molecule has 0 aliphatic rings. The second kappa shape index (κ2) is 12.3. The number of fused-ring (bicyclic) bond motifs is 1. The van der Waals surface area contributed by atoms with E-state index in [1.807, 2.05) is 49.4 Å². The quantitative estimate of drug-likeness (QED) is 0.151. The minimum absolute atomic E-state index is 0.0426. The zero-order valence-corrected chi connectivity index (χ0v) is 20.8. The predicted molar refractivity (Wildman–Crippen MR) is 135 cm³/mol. The van der Waals surface area contributed by atoms with Crippen molar-refractivity contribution >= 4 is 32.7 Å². The Bertz CT molecular complexity index is 1290. The van der Waals surface area contributed by atoms with Crippen LogP contribution in [0.3, 0.4) is 0 Å². The molecule has 0 aliphatic carbocycles. The SMILES string of the molecule is COc1ccc(S(=O)(=O)N[C@@H](CCCNC(=O)N[C@H](C)c2cccc3ccccc23)C(=O)NO)cc1. The molecule has 11 heteroatoms. The van der Waals surface area contributed by atoms with Crippen LogP contribution in [0.25, 0.3) is 10.8 Å². The Morgan fingerprint density at radius 2 is 1.69 bits per heavy atom. The molecule has 0 aliphatic heterocycles. The lowest BCUT2D eigenvalue weighted by atomic mass is 10.00. The maximum Gasteiger partial charge on any atom is 0.315 e. The van der Waals surface area contributed by atoms with E-state index in [1.54, 1.807) is 0 Å². The van der Waals surface area contributed by atoms with Crippen LogP contribution in [0.2, 0.25) is 0 Å². The van der Waals surface area contributed by atoms with Gasteiger partial charge >= 0.3 is 6.03 Å². The van der Waals surface area contributed by atoms with Crippen LogP contribution >= 0.6 is 0 Å². The first kappa shape index (κ1) is 26.9. The largest absolute Gasteiger partial charge is 0.497 e. The van der Waals surface area contributed by atoms with Crippen molar-refractivity contribution in [3.63, 3.8) is 0 Å². The van der Waals surface area contributed by atoms with Crippen LogP contribution in [0.5, 0.6) is 5.75 Å². The molecule has 0 aromatic heterocycles. The van der Waals surface area contributed by atoms with Gasteiger partial charge in [0.25, 0.3) is 5.91 Å². The third kappa shape index (κ3) is 6.94. The Kier molecular flexibility index (Phi) is 9.23. The summed E-state index contributed by atoms with van der Waals surface area (Å²) < 4.78 is 32.6. The Morgan fingerprint density at radius 1 is 1.00 bits per heavy atom. The number of rotatable bonds is 11. The molecule has 3 aromatic carbocycles. The van der Waals surface area contributed by atoms with Gasteiger partial charge in [-0.15, -0.1) is 0 Å². The van der Waals surface area contributed by atoms with Gasteiger partial charge in [0, 0.05) is 6.54 Å². The van der Waals surface area contributed by atoms with Gasteiger partial charge < -0.3 is 15.4 Å². The van der Waals surface area contributed by atoms with Crippen molar-refractivity contribution in [3.8, 4) is 5.75 Å². The maximum absolute atomic E-state index is 12.7. The summed E-state index contributed by atoms with van der Waals surface area (Å²) in [5.74, 6) is -0.418. The minimum atomic E-state index is -4.03. The number of carbonyl (C=O) groups excluding carboxylic acids is 2. The van der Waals surface area contributed by atoms with Crippen LogP contribution in [0.15, 0.2) is 71.6 Å². The van der Waals surface area contributed by atoms with E-state index in [1.165, 1.54) is 36.9 Å². The summed E-state index contributed by atoms with van der Waals surface area (Å²) in [6.45, 7) is 2.07. The first-order chi connectivity index (χ1) is 17.2. The van der Waals surface area contributed by atoms with Crippen molar-refractivity contribution in [1.29, 1.82) is 0 Å². The van der Waals surface area contributed by atoms with E-state index >= 15 is 0 Å². The first-order valence-corrected chi connectivity index (χ1v) is 12.9. The average Bonchev–Trinajstić information content (AvgIpc) is 2.89. The number of benzene rings is 3. The number of hydrogen-bond donors (Lipinski definition) is 5. The highest BCUT2D eigenvalue weighted by Crippen LogP contribution is 2.24. The second-order valence-electron chi connectivity index (χ2n) is 8.16. The van der Waals surface area contributed by atoms with E-state index in [0.29, 0.717) is 5.75 Å². The van der Waals surface area contributed by atoms with Crippen LogP contribution in [-0.2, 0) is 14.8 Å². The molecule has 0 radical (unpaired) electrons. The number of methoxy groups -OCH3 is 1. The van der Waals surface area contributed by atoms with Gasteiger partial charge in [-0.05, 0) is 60.4 Å². The van der Waals surface area contributed by atoms with Crippen LogP contribution in [-0.4, -0.2) is 45.3 Å². The van der Waals surface area contributed by atoms with Crippen LogP contribution in [0, 0.1) is 0 Å². The standard InChI is InChI=1S/C25H30N4O6S/c1-17(21-10-5-8-18-7-3-4-9-22(18)21)27-25(31)26-16-6-11-23(24(30)28-32)29-36(33,34)20-14-12-19(35-2)13-15-20/h3-5,7-10,12-15,17,23,29,32H,6,11,16H2,1-2H3,(H,28,30)(H2,26,27,31)/t17-,23+/m1/s1. The number of ether oxygens (including phenoxy) is 1. The lowest BCUT2D eigenvalue weighted by molar-refractivity contribution is -0.131. The summed E-state index contributed by atoms with van der Waals surface area (Å²) in [6, 6.07) is 17.6. The molecule has 0 saturated heterocycles. The summed E-state index contributed by atoms with van der Waals surface area (Å²) in [5, 5.41) is 16.8. The summed E-state index contributed by atoms with van der Waals surface area (Å²) >= 11 is 0. The first-order valence-electron chi connectivity index (χ1n) is 11.4. The number of urea groups is 1. The number of amides is 3. The van der Waals surface area contributed by atoms with E-state index in [-0.39, 0.29) is 30.3 Å². The van der Waals surface area contributed by atoms with Crippen molar-refractivity contribution in [2.45, 2.75) is 36.7 Å². The molecular weight excluding hydrogens is 484 g/mol. The monoisotopic (exact) mass is 514 g/mol. The summed E-state index contributed by atoms with van der Waals surface area (Å²) in [5.41, 5.74) is 2.46. The zero-order chi connectivity index (χ0) is 26.1. The molecule has 0 bridgehead atoms. The summed E-state index contributed by atoms with van der Waals surface area (Å²) in [7, 11) is -2.57. The molecular formula is C25H30N4O6S. The molecule has 0 unspecified atom stereocenters. The van der Waals surface area contributed by atoms with Gasteiger partial charge in [-0.25, -0.2) is 18.7 Å². The fraction of sp³-hybridized carbons (Fsp3) is 0.280. The van der Waals surface area contributed by atoms with Crippen LogP contribution in [0.1, 0.15) is 31.4 Å². The van der Waals surface area contributed by atoms with Crippen molar-refractivity contribution in [2.75, 3.05) is 13.7 Å². The van der Waals surface area contributed by atoms with E-state index in [0.717, 1.165) is 16.3 Å². The van der Waals surface area contributed by atoms with Gasteiger partial charge in [-0.3, -0.25) is 10.0 Å². The fourth-order valence-electron chi connectivity index (χ4n) is 3.79. The Hall–Kier alpha value is -3.67. The third-order valence-electron chi connectivity index (χ3n) is 5.69. The minimum Gasteiger partial charge on any atom is -0.497 e. The van der Waals surface area contributed by atoms with Gasteiger partial charge in [-0.1, -0.05) is 42.5 Å². The van der Waals surface area contributed by atoms with Crippen LogP contribution in [0.4, 0.5) is 4.79 Å². The summed E-state index contributed by atoms with van der Waals surface area (Å²) in [4.78, 5) is 24.4. The molecule has 0 spiro atoms. The maximum atomic E-state index is 12.7.